The Morgan fingerprint density at radius 2 is 1.72 bits per heavy atom. The highest BCUT2D eigenvalue weighted by molar-refractivity contribution is 8.14. The molecule has 2 aromatic rings. The average Bonchev–Trinajstić information content (AvgIpc) is 2.27. The van der Waals surface area contributed by atoms with E-state index in [4.69, 9.17) is 15.4 Å². The molecule has 94 valence electrons. The van der Waals surface area contributed by atoms with Crippen molar-refractivity contribution in [3.8, 4) is 5.75 Å². The minimum absolute atomic E-state index is 0.00401. The molecule has 6 heteroatoms. The maximum Gasteiger partial charge on any atom is 0.308 e. The zero-order valence-corrected chi connectivity index (χ0v) is 11.0. The van der Waals surface area contributed by atoms with Crippen molar-refractivity contribution in [2.45, 2.75) is 11.8 Å². The van der Waals surface area contributed by atoms with E-state index >= 15 is 0 Å². The van der Waals surface area contributed by atoms with Gasteiger partial charge in [0.1, 0.15) is 5.75 Å². The molecule has 0 spiro atoms. The predicted molar refractivity (Wildman–Crippen MR) is 68.3 cm³/mol. The van der Waals surface area contributed by atoms with Crippen molar-refractivity contribution in [2.75, 3.05) is 0 Å². The largest absolute Gasteiger partial charge is 0.426 e. The third-order valence-corrected chi connectivity index (χ3v) is 3.74. The van der Waals surface area contributed by atoms with Crippen molar-refractivity contribution in [1.29, 1.82) is 0 Å². The Kier molecular flexibility index (Phi) is 3.28. The van der Waals surface area contributed by atoms with E-state index < -0.39 is 15.0 Å². The third-order valence-electron chi connectivity index (χ3n) is 2.36. The summed E-state index contributed by atoms with van der Waals surface area (Å²) in [5.41, 5.74) is 0. The van der Waals surface area contributed by atoms with Crippen LogP contribution in [0.1, 0.15) is 6.92 Å². The Balaban J connectivity index is 2.78. The molecule has 0 atom stereocenters. The molecule has 0 fully saturated rings. The number of fused-ring (bicyclic) bond motifs is 1. The summed E-state index contributed by atoms with van der Waals surface area (Å²) >= 11 is 0. The topological polar surface area (TPSA) is 60.4 Å². The number of hydrogen-bond donors (Lipinski definition) is 0. The van der Waals surface area contributed by atoms with E-state index in [9.17, 15) is 13.2 Å². The fourth-order valence-corrected chi connectivity index (χ4v) is 2.78. The molecule has 0 saturated carbocycles. The molecule has 0 radical (unpaired) electrons. The van der Waals surface area contributed by atoms with Crippen LogP contribution in [-0.2, 0) is 13.8 Å². The van der Waals surface area contributed by atoms with Crippen LogP contribution in [0.2, 0.25) is 0 Å². The molecule has 0 bridgehead atoms. The highest BCUT2D eigenvalue weighted by Crippen LogP contribution is 2.32. The fourth-order valence-electron chi connectivity index (χ4n) is 1.70. The number of rotatable bonds is 2. The molecule has 0 amide bonds. The van der Waals surface area contributed by atoms with Crippen LogP contribution >= 0.6 is 10.7 Å². The number of hydrogen-bond acceptors (Lipinski definition) is 4. The van der Waals surface area contributed by atoms with Crippen molar-refractivity contribution in [3.05, 3.63) is 36.4 Å². The van der Waals surface area contributed by atoms with E-state index in [1.165, 1.54) is 19.1 Å². The summed E-state index contributed by atoms with van der Waals surface area (Å²) in [5.74, 6) is -0.163. The van der Waals surface area contributed by atoms with Crippen LogP contribution in [0.3, 0.4) is 0 Å². The van der Waals surface area contributed by atoms with Crippen molar-refractivity contribution in [3.63, 3.8) is 0 Å². The van der Waals surface area contributed by atoms with Crippen LogP contribution in [0.25, 0.3) is 10.8 Å². The lowest BCUT2D eigenvalue weighted by atomic mass is 10.1. The normalized spacial score (nSPS) is 11.4. The summed E-state index contributed by atoms with van der Waals surface area (Å²) in [7, 11) is 1.52. The molecule has 4 nitrogen and oxygen atoms in total. The molecule has 0 heterocycles. The Bertz CT molecular complexity index is 722. The highest BCUT2D eigenvalue weighted by atomic mass is 35.7. The van der Waals surface area contributed by atoms with Gasteiger partial charge in [0.25, 0.3) is 9.05 Å². The molecule has 18 heavy (non-hydrogen) atoms. The van der Waals surface area contributed by atoms with Crippen LogP contribution in [-0.4, -0.2) is 14.4 Å². The van der Waals surface area contributed by atoms with Gasteiger partial charge in [-0.05, 0) is 12.1 Å². The Hall–Kier alpha value is -1.59. The van der Waals surface area contributed by atoms with Gasteiger partial charge in [-0.1, -0.05) is 24.3 Å². The van der Waals surface area contributed by atoms with Gasteiger partial charge in [0, 0.05) is 28.4 Å². The van der Waals surface area contributed by atoms with Crippen LogP contribution in [0.4, 0.5) is 0 Å². The first-order valence-corrected chi connectivity index (χ1v) is 7.35. The van der Waals surface area contributed by atoms with Gasteiger partial charge >= 0.3 is 5.97 Å². The maximum atomic E-state index is 11.4. The molecule has 0 saturated heterocycles. The first kappa shape index (κ1) is 12.9. The van der Waals surface area contributed by atoms with E-state index in [1.54, 1.807) is 24.3 Å². The summed E-state index contributed by atoms with van der Waals surface area (Å²) < 4.78 is 27.9. The predicted octanol–water partition coefficient (Wildman–Crippen LogP) is 2.69. The van der Waals surface area contributed by atoms with E-state index in [-0.39, 0.29) is 4.90 Å². The highest BCUT2D eigenvalue weighted by Gasteiger charge is 2.16. The Labute approximate surface area is 109 Å². The molecular formula is C12H9ClO4S. The van der Waals surface area contributed by atoms with Crippen molar-refractivity contribution in [1.82, 2.24) is 0 Å². The van der Waals surface area contributed by atoms with Gasteiger partial charge in [0.15, 0.2) is 0 Å². The zero-order chi connectivity index (χ0) is 13.3. The monoisotopic (exact) mass is 284 g/mol. The molecule has 0 aliphatic heterocycles. The second kappa shape index (κ2) is 4.59. The summed E-state index contributed by atoms with van der Waals surface area (Å²) in [4.78, 5) is 11.0. The molecular weight excluding hydrogens is 276 g/mol. The molecule has 0 N–H and O–H groups in total. The second-order valence-corrected chi connectivity index (χ2v) is 6.17. The standard InChI is InChI=1S/C12H9ClO4S/c1-8(14)17-11-6-7-12(18(13,15)16)10-5-3-2-4-9(10)11/h2-7H,1H3. The molecule has 0 aromatic heterocycles. The van der Waals surface area contributed by atoms with Gasteiger partial charge in [-0.2, -0.15) is 0 Å². The van der Waals surface area contributed by atoms with Crippen molar-refractivity contribution in [2.24, 2.45) is 0 Å². The minimum atomic E-state index is -3.84. The first-order valence-electron chi connectivity index (χ1n) is 5.04. The number of carbonyl (C=O) groups is 1. The Morgan fingerprint density at radius 3 is 2.28 bits per heavy atom. The number of carbonyl (C=O) groups excluding carboxylic acids is 1. The average molecular weight is 285 g/mol. The quantitative estimate of drug-likeness (QED) is 0.483. The van der Waals surface area contributed by atoms with Gasteiger partial charge in [-0.25, -0.2) is 8.42 Å². The molecule has 0 aliphatic rings. The van der Waals surface area contributed by atoms with Gasteiger partial charge in [-0.15, -0.1) is 0 Å². The fraction of sp³-hybridized carbons (Fsp3) is 0.0833. The summed E-state index contributed by atoms with van der Waals surface area (Å²) in [6.45, 7) is 1.28. The Morgan fingerprint density at radius 1 is 1.11 bits per heavy atom. The van der Waals surface area contributed by atoms with Crippen molar-refractivity contribution >= 4 is 36.5 Å². The van der Waals surface area contributed by atoms with Crippen LogP contribution in [0, 0.1) is 0 Å². The van der Waals surface area contributed by atoms with Crippen LogP contribution in [0.15, 0.2) is 41.3 Å². The van der Waals surface area contributed by atoms with Crippen molar-refractivity contribution < 1.29 is 17.9 Å². The molecule has 0 aliphatic carbocycles. The minimum Gasteiger partial charge on any atom is -0.426 e. The summed E-state index contributed by atoms with van der Waals surface area (Å²) in [6.07, 6.45) is 0. The zero-order valence-electron chi connectivity index (χ0n) is 9.38. The second-order valence-electron chi connectivity index (χ2n) is 3.64. The molecule has 2 rings (SSSR count). The lowest BCUT2D eigenvalue weighted by molar-refractivity contribution is -0.131. The molecule has 2 aromatic carbocycles. The SMILES string of the molecule is CC(=O)Oc1ccc(S(=O)(=O)Cl)c2ccccc12. The number of benzene rings is 2. The van der Waals surface area contributed by atoms with Crippen LogP contribution in [0.5, 0.6) is 5.75 Å². The van der Waals surface area contributed by atoms with E-state index in [0.29, 0.717) is 16.5 Å². The van der Waals surface area contributed by atoms with E-state index in [0.717, 1.165) is 0 Å². The van der Waals surface area contributed by atoms with Gasteiger partial charge in [0.2, 0.25) is 0 Å². The lowest BCUT2D eigenvalue weighted by Crippen LogP contribution is -2.02. The van der Waals surface area contributed by atoms with Gasteiger partial charge in [0.05, 0.1) is 4.90 Å². The maximum absolute atomic E-state index is 11.4. The van der Waals surface area contributed by atoms with E-state index in [1.807, 2.05) is 0 Å². The van der Waals surface area contributed by atoms with Gasteiger partial charge < -0.3 is 4.74 Å². The smallest absolute Gasteiger partial charge is 0.308 e. The summed E-state index contributed by atoms with van der Waals surface area (Å²) in [6, 6.07) is 9.42. The summed E-state index contributed by atoms with van der Waals surface area (Å²) in [5, 5.41) is 0.945. The van der Waals surface area contributed by atoms with Gasteiger partial charge in [-0.3, -0.25) is 4.79 Å². The first-order chi connectivity index (χ1) is 8.39. The van der Waals surface area contributed by atoms with E-state index in [2.05, 4.69) is 0 Å². The van der Waals surface area contributed by atoms with Crippen LogP contribution < -0.4 is 4.74 Å². The molecule has 0 unspecified atom stereocenters. The number of ether oxygens (including phenoxy) is 1. The number of esters is 1. The number of halogens is 1. The third kappa shape index (κ3) is 2.47. The lowest BCUT2D eigenvalue weighted by Gasteiger charge is -2.08.